The van der Waals surface area contributed by atoms with Gasteiger partial charge in [-0.15, -0.1) is 0 Å². The van der Waals surface area contributed by atoms with Gasteiger partial charge in [-0.25, -0.2) is 0 Å². The summed E-state index contributed by atoms with van der Waals surface area (Å²) in [5.74, 6) is 0.852. The summed E-state index contributed by atoms with van der Waals surface area (Å²) in [6.07, 6.45) is 6.78. The average molecular weight is 321 g/mol. The number of likely N-dealkylation sites (tertiary alicyclic amines) is 1. The predicted molar refractivity (Wildman–Crippen MR) is 89.2 cm³/mol. The van der Waals surface area contributed by atoms with Gasteiger partial charge in [0.2, 0.25) is 0 Å². The van der Waals surface area contributed by atoms with Gasteiger partial charge in [0.25, 0.3) is 0 Å². The Hall–Kier alpha value is -0.420. The fraction of sp³-hybridized carbons (Fsp3) is 0.778. The number of hydrogen-bond donors (Lipinski definition) is 0. The summed E-state index contributed by atoms with van der Waals surface area (Å²) >= 11 is 1.80. The summed E-state index contributed by atoms with van der Waals surface area (Å²) in [5.41, 5.74) is 1.69. The summed E-state index contributed by atoms with van der Waals surface area (Å²) in [6, 6.07) is 2.25. The molecule has 3 heterocycles. The maximum Gasteiger partial charge on any atom is 0.0677 e. The van der Waals surface area contributed by atoms with E-state index in [9.17, 15) is 0 Å². The highest BCUT2D eigenvalue weighted by molar-refractivity contribution is 7.07. The van der Waals surface area contributed by atoms with Crippen molar-refractivity contribution in [3.63, 3.8) is 0 Å². The molecule has 0 radical (unpaired) electrons. The minimum Gasteiger partial charge on any atom is -0.380 e. The third-order valence-electron chi connectivity index (χ3n) is 5.49. The number of fused-ring (bicyclic) bond motifs is 1. The second kappa shape index (κ2) is 6.60. The molecule has 0 bridgehead atoms. The van der Waals surface area contributed by atoms with Gasteiger partial charge >= 0.3 is 0 Å². The van der Waals surface area contributed by atoms with Crippen molar-refractivity contribution >= 4 is 11.3 Å². The van der Waals surface area contributed by atoms with Crippen LogP contribution in [0.1, 0.15) is 37.7 Å². The number of ether oxygens (including phenoxy) is 2. The number of rotatable bonds is 6. The van der Waals surface area contributed by atoms with Gasteiger partial charge in [-0.05, 0) is 60.4 Å². The molecule has 1 saturated carbocycles. The van der Waals surface area contributed by atoms with E-state index in [0.717, 1.165) is 51.8 Å². The zero-order chi connectivity index (χ0) is 14.8. The number of hydrogen-bond acceptors (Lipinski definition) is 4. The third-order valence-corrected chi connectivity index (χ3v) is 6.23. The predicted octanol–water partition coefficient (Wildman–Crippen LogP) is 3.55. The van der Waals surface area contributed by atoms with Crippen molar-refractivity contribution in [2.24, 2.45) is 11.3 Å². The lowest BCUT2D eigenvalue weighted by atomic mass is 9.73. The van der Waals surface area contributed by atoms with Gasteiger partial charge in [-0.3, -0.25) is 4.90 Å². The molecule has 3 nitrogen and oxygen atoms in total. The lowest BCUT2D eigenvalue weighted by molar-refractivity contribution is -0.154. The molecule has 4 rings (SSSR count). The Labute approximate surface area is 137 Å². The second-order valence-electron chi connectivity index (χ2n) is 7.41. The fourth-order valence-corrected chi connectivity index (χ4v) is 4.74. The lowest BCUT2D eigenvalue weighted by Crippen LogP contribution is -2.56. The van der Waals surface area contributed by atoms with Crippen molar-refractivity contribution in [3.8, 4) is 0 Å². The Morgan fingerprint density at radius 2 is 2.32 bits per heavy atom. The van der Waals surface area contributed by atoms with Crippen LogP contribution >= 0.6 is 11.3 Å². The van der Waals surface area contributed by atoms with Crippen LogP contribution in [-0.4, -0.2) is 43.9 Å². The molecule has 0 aromatic carbocycles. The molecule has 1 aliphatic carbocycles. The molecule has 3 fully saturated rings. The molecule has 2 saturated heterocycles. The second-order valence-corrected chi connectivity index (χ2v) is 8.19. The van der Waals surface area contributed by atoms with Gasteiger partial charge in [0, 0.05) is 38.3 Å². The molecule has 0 amide bonds. The minimum atomic E-state index is 0.238. The highest BCUT2D eigenvalue weighted by Crippen LogP contribution is 2.41. The monoisotopic (exact) mass is 321 g/mol. The van der Waals surface area contributed by atoms with Crippen molar-refractivity contribution in [2.75, 3.05) is 32.9 Å². The smallest absolute Gasteiger partial charge is 0.0677 e. The Morgan fingerprint density at radius 3 is 3.14 bits per heavy atom. The largest absolute Gasteiger partial charge is 0.380 e. The van der Waals surface area contributed by atoms with Gasteiger partial charge < -0.3 is 9.47 Å². The Kier molecular flexibility index (Phi) is 4.54. The summed E-state index contributed by atoms with van der Waals surface area (Å²) in [7, 11) is 0. The molecule has 1 aromatic heterocycles. The molecular weight excluding hydrogens is 294 g/mol. The van der Waals surface area contributed by atoms with E-state index in [4.69, 9.17) is 9.47 Å². The van der Waals surface area contributed by atoms with E-state index in [-0.39, 0.29) is 5.41 Å². The SMILES string of the molecule is c1cc(CN2CC[C@H]3OCCC[C@@]3(COCC3CC3)C2)cs1. The normalized spacial score (nSPS) is 32.8. The summed E-state index contributed by atoms with van der Waals surface area (Å²) in [5, 5.41) is 4.46. The van der Waals surface area contributed by atoms with Crippen molar-refractivity contribution in [1.82, 2.24) is 4.90 Å². The zero-order valence-electron chi connectivity index (χ0n) is 13.3. The standard InChI is InChI=1S/C18H27NO2S/c1-6-18(14-20-11-15-2-3-15)13-19(7-4-17(18)21-8-1)10-16-5-9-22-12-16/h5,9,12,15,17H,1-4,6-8,10-11,13-14H2/t17-,18+/m1/s1. The van der Waals surface area contributed by atoms with Crippen LogP contribution < -0.4 is 0 Å². The molecule has 3 aliphatic rings. The maximum atomic E-state index is 6.14. The summed E-state index contributed by atoms with van der Waals surface area (Å²) in [6.45, 7) is 6.19. The van der Waals surface area contributed by atoms with Crippen LogP contribution in [0, 0.1) is 11.3 Å². The van der Waals surface area contributed by atoms with Crippen molar-refractivity contribution in [2.45, 2.75) is 44.8 Å². The lowest BCUT2D eigenvalue weighted by Gasteiger charge is -2.50. The molecule has 0 spiro atoms. The molecule has 0 N–H and O–H groups in total. The number of nitrogens with zero attached hydrogens (tertiary/aromatic N) is 1. The first kappa shape index (κ1) is 15.1. The fourth-order valence-electron chi connectivity index (χ4n) is 4.08. The summed E-state index contributed by atoms with van der Waals surface area (Å²) in [4.78, 5) is 2.62. The van der Waals surface area contributed by atoms with E-state index in [0.29, 0.717) is 6.10 Å². The van der Waals surface area contributed by atoms with Gasteiger partial charge in [0.1, 0.15) is 0 Å². The molecule has 22 heavy (non-hydrogen) atoms. The average Bonchev–Trinajstić information content (AvgIpc) is 3.22. The van der Waals surface area contributed by atoms with E-state index in [1.165, 1.54) is 31.2 Å². The third kappa shape index (κ3) is 3.40. The highest BCUT2D eigenvalue weighted by atomic mass is 32.1. The zero-order valence-corrected chi connectivity index (χ0v) is 14.2. The van der Waals surface area contributed by atoms with Crippen LogP contribution in [0.25, 0.3) is 0 Å². The highest BCUT2D eigenvalue weighted by Gasteiger charge is 2.46. The van der Waals surface area contributed by atoms with Crippen LogP contribution in [-0.2, 0) is 16.0 Å². The van der Waals surface area contributed by atoms with E-state index in [2.05, 4.69) is 21.7 Å². The molecule has 1 aromatic rings. The molecule has 2 atom stereocenters. The number of piperidine rings is 1. The van der Waals surface area contributed by atoms with Gasteiger partial charge in [0.05, 0.1) is 12.7 Å². The topological polar surface area (TPSA) is 21.7 Å². The molecule has 4 heteroatoms. The van der Waals surface area contributed by atoms with Crippen LogP contribution in [0.4, 0.5) is 0 Å². The molecular formula is C18H27NO2S. The van der Waals surface area contributed by atoms with E-state index < -0.39 is 0 Å². The first-order valence-corrected chi connectivity index (χ1v) is 9.71. The van der Waals surface area contributed by atoms with E-state index >= 15 is 0 Å². The molecule has 2 aliphatic heterocycles. The Morgan fingerprint density at radius 1 is 1.36 bits per heavy atom. The quantitative estimate of drug-likeness (QED) is 0.800. The van der Waals surface area contributed by atoms with Crippen LogP contribution in [0.15, 0.2) is 16.8 Å². The minimum absolute atomic E-state index is 0.238. The van der Waals surface area contributed by atoms with Gasteiger partial charge in [-0.2, -0.15) is 11.3 Å². The van der Waals surface area contributed by atoms with E-state index in [1.807, 2.05) is 0 Å². The Bertz CT molecular complexity index is 473. The maximum absolute atomic E-state index is 6.14. The van der Waals surface area contributed by atoms with Crippen molar-refractivity contribution < 1.29 is 9.47 Å². The van der Waals surface area contributed by atoms with Crippen LogP contribution in [0.5, 0.6) is 0 Å². The Balaban J connectivity index is 1.40. The van der Waals surface area contributed by atoms with Crippen molar-refractivity contribution in [1.29, 1.82) is 0 Å². The van der Waals surface area contributed by atoms with Gasteiger partial charge in [-0.1, -0.05) is 0 Å². The van der Waals surface area contributed by atoms with Crippen molar-refractivity contribution in [3.05, 3.63) is 22.4 Å². The first-order chi connectivity index (χ1) is 10.8. The van der Waals surface area contributed by atoms with E-state index in [1.54, 1.807) is 11.3 Å². The van der Waals surface area contributed by atoms with Gasteiger partial charge in [0.15, 0.2) is 0 Å². The van der Waals surface area contributed by atoms with Crippen LogP contribution in [0.3, 0.4) is 0 Å². The summed E-state index contributed by atoms with van der Waals surface area (Å²) < 4.78 is 12.3. The number of thiophene rings is 1. The first-order valence-electron chi connectivity index (χ1n) is 8.77. The molecule has 122 valence electrons. The molecule has 0 unspecified atom stereocenters. The van der Waals surface area contributed by atoms with Crippen LogP contribution in [0.2, 0.25) is 0 Å².